The van der Waals surface area contributed by atoms with E-state index in [1.165, 1.54) is 18.6 Å². The van der Waals surface area contributed by atoms with Crippen LogP contribution in [0.3, 0.4) is 0 Å². The molecule has 0 saturated heterocycles. The normalized spacial score (nSPS) is 12.8. The quantitative estimate of drug-likeness (QED) is 0.800. The molecule has 0 N–H and O–H groups in total. The molecule has 1 aromatic carbocycles. The molecule has 0 fully saturated rings. The van der Waals surface area contributed by atoms with Crippen molar-refractivity contribution in [3.05, 3.63) is 53.4 Å². The average Bonchev–Trinajstić information content (AvgIpc) is 2.38. The van der Waals surface area contributed by atoms with E-state index in [9.17, 15) is 4.21 Å². The van der Waals surface area contributed by atoms with Crippen LogP contribution in [0, 0.1) is 0 Å². The summed E-state index contributed by atoms with van der Waals surface area (Å²) >= 11 is 5.76. The molecular weight excluding hydrogens is 258 g/mol. The summed E-state index contributed by atoms with van der Waals surface area (Å²) in [6.07, 6.45) is 4.38. The van der Waals surface area contributed by atoms with Gasteiger partial charge in [0.25, 0.3) is 0 Å². The van der Waals surface area contributed by atoms with Crippen LogP contribution in [0.2, 0.25) is 5.15 Å². The molecular formula is C11H8ClN3OS. The second-order valence-corrected chi connectivity index (χ2v) is 4.50. The first kappa shape index (κ1) is 11.9. The summed E-state index contributed by atoms with van der Waals surface area (Å²) in [4.78, 5) is 7.67. The molecule has 2 aromatic rings. The van der Waals surface area contributed by atoms with Crippen molar-refractivity contribution >= 4 is 28.8 Å². The molecule has 17 heavy (non-hydrogen) atoms. The summed E-state index contributed by atoms with van der Waals surface area (Å²) in [5.74, 6) is 0. The smallest absolute Gasteiger partial charge is 0.194 e. The van der Waals surface area contributed by atoms with E-state index in [0.717, 1.165) is 5.56 Å². The Morgan fingerprint density at radius 3 is 2.59 bits per heavy atom. The number of aromatic nitrogens is 2. The van der Waals surface area contributed by atoms with Gasteiger partial charge in [-0.2, -0.15) is 4.40 Å². The van der Waals surface area contributed by atoms with E-state index in [4.69, 9.17) is 11.6 Å². The van der Waals surface area contributed by atoms with Crippen LogP contribution < -0.4 is 0 Å². The van der Waals surface area contributed by atoms with Crippen LogP contribution in [-0.4, -0.2) is 20.4 Å². The molecule has 4 nitrogen and oxygen atoms in total. The molecule has 2 rings (SSSR count). The Bertz CT molecular complexity index is 560. The van der Waals surface area contributed by atoms with Gasteiger partial charge in [-0.3, -0.25) is 0 Å². The van der Waals surface area contributed by atoms with Gasteiger partial charge in [0.15, 0.2) is 21.2 Å². The Morgan fingerprint density at radius 1 is 1.18 bits per heavy atom. The highest BCUT2D eigenvalue weighted by Gasteiger charge is 2.08. The zero-order chi connectivity index (χ0) is 12.1. The topological polar surface area (TPSA) is 55.2 Å². The minimum absolute atomic E-state index is 0.107. The Balaban J connectivity index is 2.18. The third-order valence-corrected chi connectivity index (χ3v) is 3.20. The van der Waals surface area contributed by atoms with Crippen LogP contribution in [0.4, 0.5) is 0 Å². The lowest BCUT2D eigenvalue weighted by molar-refractivity contribution is 0.681. The van der Waals surface area contributed by atoms with E-state index in [2.05, 4.69) is 14.4 Å². The number of hydrogen-bond donors (Lipinski definition) is 0. The van der Waals surface area contributed by atoms with Gasteiger partial charge in [0.1, 0.15) is 0 Å². The zero-order valence-electron chi connectivity index (χ0n) is 8.65. The van der Waals surface area contributed by atoms with Crippen molar-refractivity contribution in [3.63, 3.8) is 0 Å². The fraction of sp³-hybridized carbons (Fsp3) is 0. The van der Waals surface area contributed by atoms with Crippen LogP contribution in [0.15, 0.2) is 52.1 Å². The van der Waals surface area contributed by atoms with E-state index in [-0.39, 0.29) is 10.2 Å². The molecule has 1 aromatic heterocycles. The van der Waals surface area contributed by atoms with Crippen LogP contribution in [0.5, 0.6) is 0 Å². The van der Waals surface area contributed by atoms with E-state index in [1.807, 2.05) is 30.3 Å². The predicted octanol–water partition coefficient (Wildman–Crippen LogP) is 2.27. The number of benzene rings is 1. The first-order valence-corrected chi connectivity index (χ1v) is 6.23. The highest BCUT2D eigenvalue weighted by molar-refractivity contribution is 7.83. The summed E-state index contributed by atoms with van der Waals surface area (Å²) in [6.45, 7) is 0. The maximum Gasteiger partial charge on any atom is 0.194 e. The Morgan fingerprint density at radius 2 is 1.88 bits per heavy atom. The lowest BCUT2D eigenvalue weighted by atomic mass is 10.2. The second-order valence-electron chi connectivity index (χ2n) is 3.05. The molecule has 0 spiro atoms. The summed E-state index contributed by atoms with van der Waals surface area (Å²) in [5, 5.41) is 0.275. The van der Waals surface area contributed by atoms with E-state index >= 15 is 0 Å². The van der Waals surface area contributed by atoms with Crippen molar-refractivity contribution in [2.45, 2.75) is 5.03 Å². The Kier molecular flexibility index (Phi) is 3.95. The summed E-state index contributed by atoms with van der Waals surface area (Å²) in [5.41, 5.74) is 0.862. The number of hydrogen-bond acceptors (Lipinski definition) is 3. The van der Waals surface area contributed by atoms with Gasteiger partial charge in [0.05, 0.1) is 0 Å². The standard InChI is InChI=1S/C11H8ClN3OS/c12-10-11(14-7-6-13-10)17(16)15-8-9-4-2-1-3-5-9/h1-8H. The molecule has 1 atom stereocenters. The van der Waals surface area contributed by atoms with Crippen molar-refractivity contribution in [2.24, 2.45) is 4.40 Å². The SMILES string of the molecule is O=S(N=Cc1ccccc1)c1nccnc1Cl. The molecule has 0 radical (unpaired) electrons. The van der Waals surface area contributed by atoms with Gasteiger partial charge < -0.3 is 0 Å². The Hall–Kier alpha value is -1.59. The van der Waals surface area contributed by atoms with E-state index < -0.39 is 11.0 Å². The first-order chi connectivity index (χ1) is 8.27. The number of halogens is 1. The van der Waals surface area contributed by atoms with Gasteiger partial charge in [0.2, 0.25) is 0 Å². The van der Waals surface area contributed by atoms with Crippen molar-refractivity contribution in [2.75, 3.05) is 0 Å². The second kappa shape index (κ2) is 5.65. The van der Waals surface area contributed by atoms with E-state index in [0.29, 0.717) is 0 Å². The highest BCUT2D eigenvalue weighted by atomic mass is 35.5. The predicted molar refractivity (Wildman–Crippen MR) is 67.5 cm³/mol. The number of nitrogens with zero attached hydrogens (tertiary/aromatic N) is 3. The van der Waals surface area contributed by atoms with Gasteiger partial charge in [-0.15, -0.1) is 0 Å². The molecule has 1 heterocycles. The van der Waals surface area contributed by atoms with Crippen molar-refractivity contribution in [3.8, 4) is 0 Å². The van der Waals surface area contributed by atoms with Gasteiger partial charge in [-0.1, -0.05) is 41.9 Å². The molecule has 86 valence electrons. The fourth-order valence-electron chi connectivity index (χ4n) is 1.12. The molecule has 0 aliphatic rings. The summed E-state index contributed by atoms with van der Waals surface area (Å²) < 4.78 is 15.7. The number of rotatable bonds is 3. The van der Waals surface area contributed by atoms with Crippen LogP contribution in [0.1, 0.15) is 5.56 Å². The summed E-state index contributed by atoms with van der Waals surface area (Å²) in [6, 6.07) is 9.37. The molecule has 6 heteroatoms. The van der Waals surface area contributed by atoms with Crippen LogP contribution in [-0.2, 0) is 11.0 Å². The van der Waals surface area contributed by atoms with Crippen molar-refractivity contribution in [1.82, 2.24) is 9.97 Å². The maximum absolute atomic E-state index is 11.8. The van der Waals surface area contributed by atoms with Crippen LogP contribution in [0.25, 0.3) is 0 Å². The van der Waals surface area contributed by atoms with Gasteiger partial charge >= 0.3 is 0 Å². The third kappa shape index (κ3) is 3.18. The molecule has 0 saturated carbocycles. The third-order valence-electron chi connectivity index (χ3n) is 1.89. The minimum atomic E-state index is -1.63. The maximum atomic E-state index is 11.8. The van der Waals surface area contributed by atoms with Crippen molar-refractivity contribution in [1.29, 1.82) is 0 Å². The van der Waals surface area contributed by atoms with Crippen LogP contribution >= 0.6 is 11.6 Å². The van der Waals surface area contributed by atoms with Gasteiger partial charge in [-0.05, 0) is 5.56 Å². The minimum Gasteiger partial charge on any atom is -0.241 e. The molecule has 1 unspecified atom stereocenters. The first-order valence-electron chi connectivity index (χ1n) is 4.75. The monoisotopic (exact) mass is 265 g/mol. The Labute approximate surface area is 106 Å². The van der Waals surface area contributed by atoms with E-state index in [1.54, 1.807) is 0 Å². The lowest BCUT2D eigenvalue weighted by Crippen LogP contribution is -1.95. The highest BCUT2D eigenvalue weighted by Crippen LogP contribution is 2.13. The van der Waals surface area contributed by atoms with Gasteiger partial charge in [0, 0.05) is 18.6 Å². The zero-order valence-corrected chi connectivity index (χ0v) is 10.2. The molecule has 0 aliphatic carbocycles. The molecule has 0 aliphatic heterocycles. The molecule has 0 bridgehead atoms. The fourth-order valence-corrected chi connectivity index (χ4v) is 2.09. The van der Waals surface area contributed by atoms with Gasteiger partial charge in [-0.25, -0.2) is 14.2 Å². The molecule has 0 amide bonds. The lowest BCUT2D eigenvalue weighted by Gasteiger charge is -1.96. The largest absolute Gasteiger partial charge is 0.241 e. The summed E-state index contributed by atoms with van der Waals surface area (Å²) in [7, 11) is -1.63. The van der Waals surface area contributed by atoms with Crippen molar-refractivity contribution < 1.29 is 4.21 Å². The average molecular weight is 266 g/mol.